The molecule has 1 saturated heterocycles. The van der Waals surface area contributed by atoms with Crippen molar-refractivity contribution >= 4 is 33.3 Å². The van der Waals surface area contributed by atoms with E-state index in [2.05, 4.69) is 4.74 Å². The molecule has 1 aliphatic rings. The third-order valence-corrected chi connectivity index (χ3v) is 6.80. The van der Waals surface area contributed by atoms with Crippen LogP contribution in [0.15, 0.2) is 16.3 Å². The number of carboxylic acid groups (broad SMARTS) is 1. The predicted molar refractivity (Wildman–Crippen MR) is 74.8 cm³/mol. The summed E-state index contributed by atoms with van der Waals surface area (Å²) in [4.78, 5) is 22.5. The standard InChI is InChI=1S/C12H15NO6S2/c1-19-12(16)9-2-3-10(20-9)21(17,18)13-6-4-8(5-7-13)11(14)15/h2-3,8H,4-7H2,1H3,(H,14,15). The summed E-state index contributed by atoms with van der Waals surface area (Å²) in [6, 6.07) is 2.78. The molecule has 0 amide bonds. The highest BCUT2D eigenvalue weighted by molar-refractivity contribution is 7.91. The summed E-state index contributed by atoms with van der Waals surface area (Å²) in [6.07, 6.45) is 0.591. The Kier molecular flexibility index (Phi) is 4.64. The Morgan fingerprint density at radius 3 is 2.48 bits per heavy atom. The number of methoxy groups -OCH3 is 1. The minimum Gasteiger partial charge on any atom is -0.481 e. The molecule has 1 fully saturated rings. The van der Waals surface area contributed by atoms with Gasteiger partial charge in [0, 0.05) is 13.1 Å². The first-order chi connectivity index (χ1) is 9.86. The van der Waals surface area contributed by atoms with Gasteiger partial charge in [-0.15, -0.1) is 11.3 Å². The molecule has 116 valence electrons. The highest BCUT2D eigenvalue weighted by Crippen LogP contribution is 2.28. The van der Waals surface area contributed by atoms with Gasteiger partial charge in [-0.2, -0.15) is 4.31 Å². The summed E-state index contributed by atoms with van der Waals surface area (Å²) < 4.78 is 30.7. The maximum atomic E-state index is 12.4. The molecule has 0 aromatic carbocycles. The van der Waals surface area contributed by atoms with Crippen molar-refractivity contribution in [2.24, 2.45) is 5.92 Å². The first-order valence-electron chi connectivity index (χ1n) is 6.27. The second kappa shape index (κ2) is 6.12. The number of piperidine rings is 1. The first kappa shape index (κ1) is 15.9. The van der Waals surface area contributed by atoms with Crippen molar-refractivity contribution in [3.8, 4) is 0 Å². The van der Waals surface area contributed by atoms with Gasteiger partial charge >= 0.3 is 11.9 Å². The quantitative estimate of drug-likeness (QED) is 0.826. The molecule has 2 rings (SSSR count). The number of aliphatic carboxylic acids is 1. The van der Waals surface area contributed by atoms with E-state index in [1.165, 1.54) is 23.5 Å². The molecule has 1 N–H and O–H groups in total. The minimum atomic E-state index is -3.68. The molecule has 0 saturated carbocycles. The van der Waals surface area contributed by atoms with Gasteiger partial charge in [0.15, 0.2) is 0 Å². The van der Waals surface area contributed by atoms with Crippen LogP contribution >= 0.6 is 11.3 Å². The van der Waals surface area contributed by atoms with Crippen LogP contribution in [0.5, 0.6) is 0 Å². The Bertz CT molecular complexity index is 642. The average Bonchev–Trinajstić information content (AvgIpc) is 2.97. The lowest BCUT2D eigenvalue weighted by Gasteiger charge is -2.28. The molecule has 1 aromatic heterocycles. The Balaban J connectivity index is 2.14. The van der Waals surface area contributed by atoms with Crippen LogP contribution in [0.1, 0.15) is 22.5 Å². The van der Waals surface area contributed by atoms with Crippen LogP contribution in [0.3, 0.4) is 0 Å². The van der Waals surface area contributed by atoms with Crippen LogP contribution in [0.25, 0.3) is 0 Å². The molecule has 0 unspecified atom stereocenters. The third kappa shape index (κ3) is 3.25. The zero-order valence-electron chi connectivity index (χ0n) is 11.3. The fourth-order valence-electron chi connectivity index (χ4n) is 2.14. The molecule has 0 atom stereocenters. The van der Waals surface area contributed by atoms with E-state index in [1.807, 2.05) is 0 Å². The number of sulfonamides is 1. The van der Waals surface area contributed by atoms with E-state index in [0.29, 0.717) is 12.8 Å². The molecular weight excluding hydrogens is 318 g/mol. The van der Waals surface area contributed by atoms with Crippen molar-refractivity contribution in [1.29, 1.82) is 0 Å². The van der Waals surface area contributed by atoms with Crippen molar-refractivity contribution in [2.75, 3.05) is 20.2 Å². The highest BCUT2D eigenvalue weighted by Gasteiger charge is 2.33. The van der Waals surface area contributed by atoms with Gasteiger partial charge < -0.3 is 9.84 Å². The lowest BCUT2D eigenvalue weighted by molar-refractivity contribution is -0.142. The normalized spacial score (nSPS) is 17.6. The highest BCUT2D eigenvalue weighted by atomic mass is 32.2. The zero-order valence-corrected chi connectivity index (χ0v) is 12.9. The molecule has 0 bridgehead atoms. The number of nitrogens with zero attached hydrogens (tertiary/aromatic N) is 1. The van der Waals surface area contributed by atoms with Gasteiger partial charge in [0.05, 0.1) is 13.0 Å². The van der Waals surface area contributed by atoms with E-state index in [-0.39, 0.29) is 22.2 Å². The number of carbonyl (C=O) groups excluding carboxylic acids is 1. The summed E-state index contributed by atoms with van der Waals surface area (Å²) in [7, 11) is -2.45. The maximum absolute atomic E-state index is 12.4. The average molecular weight is 333 g/mol. The monoisotopic (exact) mass is 333 g/mol. The molecule has 1 aromatic rings. The van der Waals surface area contributed by atoms with Crippen LogP contribution in [-0.4, -0.2) is 50.0 Å². The number of rotatable bonds is 4. The summed E-state index contributed by atoms with van der Waals surface area (Å²) >= 11 is 0.853. The number of esters is 1. The van der Waals surface area contributed by atoms with Crippen LogP contribution in [-0.2, 0) is 19.6 Å². The lowest BCUT2D eigenvalue weighted by atomic mass is 9.99. The van der Waals surface area contributed by atoms with Crippen molar-refractivity contribution in [3.05, 3.63) is 17.0 Å². The molecular formula is C12H15NO6S2. The summed E-state index contributed by atoms with van der Waals surface area (Å²) in [5, 5.41) is 8.92. The van der Waals surface area contributed by atoms with Gasteiger partial charge in [-0.25, -0.2) is 13.2 Å². The molecule has 9 heteroatoms. The third-order valence-electron chi connectivity index (χ3n) is 3.37. The Morgan fingerprint density at radius 2 is 1.95 bits per heavy atom. The number of hydrogen-bond acceptors (Lipinski definition) is 6. The number of carbonyl (C=O) groups is 2. The predicted octanol–water partition coefficient (Wildman–Crippen LogP) is 1.02. The van der Waals surface area contributed by atoms with E-state index in [4.69, 9.17) is 5.11 Å². The van der Waals surface area contributed by atoms with Crippen LogP contribution in [0.2, 0.25) is 0 Å². The van der Waals surface area contributed by atoms with Crippen LogP contribution < -0.4 is 0 Å². The van der Waals surface area contributed by atoms with Crippen LogP contribution in [0.4, 0.5) is 0 Å². The van der Waals surface area contributed by atoms with E-state index in [1.54, 1.807) is 0 Å². The molecule has 1 aliphatic heterocycles. The van der Waals surface area contributed by atoms with E-state index >= 15 is 0 Å². The van der Waals surface area contributed by atoms with Crippen LogP contribution in [0, 0.1) is 5.92 Å². The molecule has 0 aliphatic carbocycles. The zero-order chi connectivity index (χ0) is 15.6. The van der Waals surface area contributed by atoms with Gasteiger partial charge in [-0.05, 0) is 25.0 Å². The van der Waals surface area contributed by atoms with Crippen molar-refractivity contribution < 1.29 is 27.9 Å². The fraction of sp³-hybridized carbons (Fsp3) is 0.500. The number of carboxylic acids is 1. The van der Waals surface area contributed by atoms with Gasteiger partial charge in [0.25, 0.3) is 10.0 Å². The van der Waals surface area contributed by atoms with Gasteiger partial charge in [-0.1, -0.05) is 0 Å². The lowest BCUT2D eigenvalue weighted by Crippen LogP contribution is -2.39. The molecule has 0 radical (unpaired) electrons. The number of hydrogen-bond donors (Lipinski definition) is 1. The first-order valence-corrected chi connectivity index (χ1v) is 8.53. The molecule has 21 heavy (non-hydrogen) atoms. The van der Waals surface area contributed by atoms with Gasteiger partial charge in [-0.3, -0.25) is 4.79 Å². The van der Waals surface area contributed by atoms with Crippen molar-refractivity contribution in [1.82, 2.24) is 4.31 Å². The number of ether oxygens (including phenoxy) is 1. The van der Waals surface area contributed by atoms with Crippen molar-refractivity contribution in [3.63, 3.8) is 0 Å². The molecule has 0 spiro atoms. The smallest absolute Gasteiger partial charge is 0.348 e. The fourth-order valence-corrected chi connectivity index (χ4v) is 4.99. The number of thiophene rings is 1. The van der Waals surface area contributed by atoms with E-state index in [0.717, 1.165) is 11.3 Å². The topological polar surface area (TPSA) is 101 Å². The second-order valence-corrected chi connectivity index (χ2v) is 7.88. The Morgan fingerprint density at radius 1 is 1.33 bits per heavy atom. The van der Waals surface area contributed by atoms with E-state index < -0.39 is 27.9 Å². The summed E-state index contributed by atoms with van der Waals surface area (Å²) in [5.74, 6) is -1.97. The SMILES string of the molecule is COC(=O)c1ccc(S(=O)(=O)N2CCC(C(=O)O)CC2)s1. The summed E-state index contributed by atoms with van der Waals surface area (Å²) in [5.41, 5.74) is 0. The Labute approximate surface area is 126 Å². The Hall–Kier alpha value is -1.45. The summed E-state index contributed by atoms with van der Waals surface area (Å²) in [6.45, 7) is 0.343. The molecule has 2 heterocycles. The van der Waals surface area contributed by atoms with Crippen molar-refractivity contribution in [2.45, 2.75) is 17.1 Å². The maximum Gasteiger partial charge on any atom is 0.348 e. The largest absolute Gasteiger partial charge is 0.481 e. The van der Waals surface area contributed by atoms with Gasteiger partial charge in [0.2, 0.25) is 0 Å². The second-order valence-electron chi connectivity index (χ2n) is 4.63. The van der Waals surface area contributed by atoms with Gasteiger partial charge in [0.1, 0.15) is 9.09 Å². The minimum absolute atomic E-state index is 0.0664. The van der Waals surface area contributed by atoms with E-state index in [9.17, 15) is 18.0 Å². The molecule has 7 nitrogen and oxygen atoms in total.